The number of hydroxylamine groups is 2. The number of amides is 2. The number of carbonyl (C=O) groups excluding carboxylic acids is 1. The lowest BCUT2D eigenvalue weighted by Crippen LogP contribution is -2.50. The largest absolute Gasteiger partial charge is 0.651 e. The monoisotopic (exact) mass is 172 g/mol. The van der Waals surface area contributed by atoms with Crippen molar-refractivity contribution in [1.82, 2.24) is 5.06 Å². The second-order valence-corrected chi connectivity index (χ2v) is 3.99. The minimum absolute atomic E-state index is 0.236. The molecule has 0 aromatic rings. The molecule has 1 heterocycles. The average molecular weight is 172 g/mol. The third-order valence-electron chi connectivity index (χ3n) is 2.86. The summed E-state index contributed by atoms with van der Waals surface area (Å²) >= 11 is 0. The molecule has 1 aliphatic rings. The Morgan fingerprint density at radius 2 is 1.75 bits per heavy atom. The molecule has 5 nitrogen and oxygen atoms in total. The number of rotatable bonds is 0. The molecule has 0 saturated carbocycles. The molecule has 0 N–H and O–H groups in total. The maximum atomic E-state index is 11.2. The summed E-state index contributed by atoms with van der Waals surface area (Å²) in [5.41, 5.74) is -1.93. The first-order valence-electron chi connectivity index (χ1n) is 3.71. The van der Waals surface area contributed by atoms with E-state index >= 15 is 0 Å². The highest BCUT2D eigenvalue weighted by Crippen LogP contribution is 2.36. The zero-order valence-electron chi connectivity index (χ0n) is 7.62. The molecule has 68 valence electrons. The number of nitrogens with zero attached hydrogens (tertiary/aromatic N) is 2. The van der Waals surface area contributed by atoms with Gasteiger partial charge in [-0.15, -0.1) is 0 Å². The summed E-state index contributed by atoms with van der Waals surface area (Å²) in [6.45, 7) is 6.32. The second kappa shape index (κ2) is 2.04. The molecule has 0 aromatic heterocycles. The van der Waals surface area contributed by atoms with E-state index in [1.165, 1.54) is 0 Å². The van der Waals surface area contributed by atoms with Gasteiger partial charge in [0.2, 0.25) is 0 Å². The summed E-state index contributed by atoms with van der Waals surface area (Å²) in [7, 11) is 0. The highest BCUT2D eigenvalue weighted by atomic mass is 16.5. The van der Waals surface area contributed by atoms with E-state index in [4.69, 9.17) is 0 Å². The van der Waals surface area contributed by atoms with Crippen LogP contribution in [0.5, 0.6) is 0 Å². The van der Waals surface area contributed by atoms with E-state index in [1.807, 2.05) is 0 Å². The van der Waals surface area contributed by atoms with E-state index in [0.29, 0.717) is 0 Å². The van der Waals surface area contributed by atoms with Gasteiger partial charge in [0.05, 0.1) is 0 Å². The molecule has 1 saturated heterocycles. The van der Waals surface area contributed by atoms with Crippen molar-refractivity contribution < 1.29 is 9.55 Å². The SMILES string of the molecule is CC1(C)N([O-])C(=O)[N+](=O)C1(C)C. The first-order chi connectivity index (χ1) is 5.23. The van der Waals surface area contributed by atoms with Gasteiger partial charge < -0.3 is 5.21 Å². The van der Waals surface area contributed by atoms with Crippen LogP contribution in [0, 0.1) is 10.1 Å². The molecule has 0 aromatic carbocycles. The van der Waals surface area contributed by atoms with Crippen molar-refractivity contribution in [3.05, 3.63) is 10.1 Å². The number of nitroso groups, excluding NO2 is 1. The summed E-state index contributed by atoms with van der Waals surface area (Å²) in [4.78, 5) is 22.1. The molecule has 1 fully saturated rings. The fraction of sp³-hybridized carbons (Fsp3) is 0.857. The molecule has 1 aliphatic heterocycles. The van der Waals surface area contributed by atoms with E-state index in [0.717, 1.165) is 0 Å². The molecule has 12 heavy (non-hydrogen) atoms. The molecular weight excluding hydrogens is 160 g/mol. The molecule has 1 rings (SSSR count). The van der Waals surface area contributed by atoms with Crippen molar-refractivity contribution in [3.8, 4) is 0 Å². The predicted molar refractivity (Wildman–Crippen MR) is 42.4 cm³/mol. The summed E-state index contributed by atoms with van der Waals surface area (Å²) in [6, 6.07) is -1.01. The Labute approximate surface area is 70.5 Å². The zero-order valence-corrected chi connectivity index (χ0v) is 7.62. The Hall–Kier alpha value is -0.970. The van der Waals surface area contributed by atoms with Gasteiger partial charge in [-0.2, -0.15) is 4.79 Å². The first kappa shape index (κ1) is 9.12. The van der Waals surface area contributed by atoms with Gasteiger partial charge >= 0.3 is 6.03 Å². The lowest BCUT2D eigenvalue weighted by atomic mass is 9.84. The fourth-order valence-corrected chi connectivity index (χ4v) is 1.06. The Balaban J connectivity index is 3.24. The van der Waals surface area contributed by atoms with Gasteiger partial charge in [0.25, 0.3) is 0 Å². The number of urea groups is 1. The van der Waals surface area contributed by atoms with Gasteiger partial charge in [0, 0.05) is 4.76 Å². The van der Waals surface area contributed by atoms with Crippen LogP contribution in [-0.2, 0) is 0 Å². The molecule has 5 heteroatoms. The van der Waals surface area contributed by atoms with Gasteiger partial charge in [-0.3, -0.25) is 5.06 Å². The van der Waals surface area contributed by atoms with Crippen LogP contribution in [0.3, 0.4) is 0 Å². The smallest absolute Gasteiger partial charge is 0.528 e. The Bertz CT molecular complexity index is 257. The van der Waals surface area contributed by atoms with Crippen molar-refractivity contribution in [2.45, 2.75) is 38.8 Å². The summed E-state index contributed by atoms with van der Waals surface area (Å²) in [6.07, 6.45) is 0. The van der Waals surface area contributed by atoms with Crippen LogP contribution < -0.4 is 0 Å². The van der Waals surface area contributed by atoms with Crippen LogP contribution in [0.25, 0.3) is 0 Å². The van der Waals surface area contributed by atoms with Crippen molar-refractivity contribution >= 4 is 6.03 Å². The van der Waals surface area contributed by atoms with E-state index < -0.39 is 17.1 Å². The molecule has 0 radical (unpaired) electrons. The third kappa shape index (κ3) is 0.741. The van der Waals surface area contributed by atoms with Gasteiger partial charge in [-0.1, -0.05) is 4.91 Å². The molecular formula is C7H12N2O3. The van der Waals surface area contributed by atoms with Crippen LogP contribution in [0.15, 0.2) is 0 Å². The van der Waals surface area contributed by atoms with Crippen molar-refractivity contribution in [3.63, 3.8) is 0 Å². The van der Waals surface area contributed by atoms with Crippen molar-refractivity contribution in [1.29, 1.82) is 0 Å². The van der Waals surface area contributed by atoms with Crippen LogP contribution in [0.2, 0.25) is 0 Å². The zero-order chi connectivity index (χ0) is 9.73. The topological polar surface area (TPSA) is 63.4 Å². The summed E-state index contributed by atoms with van der Waals surface area (Å²) in [5, 5.41) is 11.4. The highest BCUT2D eigenvalue weighted by molar-refractivity contribution is 5.70. The van der Waals surface area contributed by atoms with Gasteiger partial charge in [-0.05, 0) is 27.7 Å². The number of carbonyl (C=O) groups is 1. The van der Waals surface area contributed by atoms with Crippen LogP contribution in [-0.4, -0.2) is 26.9 Å². The Morgan fingerprint density at radius 3 is 1.83 bits per heavy atom. The van der Waals surface area contributed by atoms with E-state index in [9.17, 15) is 14.9 Å². The van der Waals surface area contributed by atoms with Crippen LogP contribution in [0.4, 0.5) is 4.79 Å². The minimum Gasteiger partial charge on any atom is -0.651 e. The minimum atomic E-state index is -1.01. The maximum absolute atomic E-state index is 11.2. The first-order valence-corrected chi connectivity index (χ1v) is 3.71. The van der Waals surface area contributed by atoms with Crippen molar-refractivity contribution in [2.24, 2.45) is 0 Å². The quantitative estimate of drug-likeness (QED) is 0.516. The van der Waals surface area contributed by atoms with Crippen LogP contribution in [0.1, 0.15) is 27.7 Å². The molecule has 2 amide bonds. The Morgan fingerprint density at radius 1 is 1.33 bits per heavy atom. The van der Waals surface area contributed by atoms with E-state index in [1.54, 1.807) is 27.7 Å². The molecule has 0 spiro atoms. The summed E-state index contributed by atoms with van der Waals surface area (Å²) < 4.78 is 0.236. The van der Waals surface area contributed by atoms with Gasteiger partial charge in [-0.25, -0.2) is 0 Å². The number of hydrogen-bond donors (Lipinski definition) is 0. The molecule has 0 bridgehead atoms. The predicted octanol–water partition coefficient (Wildman–Crippen LogP) is 1.26. The highest BCUT2D eigenvalue weighted by Gasteiger charge is 2.63. The van der Waals surface area contributed by atoms with E-state index in [2.05, 4.69) is 0 Å². The lowest BCUT2D eigenvalue weighted by molar-refractivity contribution is -0.522. The summed E-state index contributed by atoms with van der Waals surface area (Å²) in [5.74, 6) is 0. The number of hydrogen-bond acceptors (Lipinski definition) is 3. The van der Waals surface area contributed by atoms with Crippen molar-refractivity contribution in [2.75, 3.05) is 0 Å². The van der Waals surface area contributed by atoms with Crippen LogP contribution >= 0.6 is 0 Å². The standard InChI is InChI=1S/C7H12N2O3/c1-6(2)7(3,4)9(12)5(10)8(6)11/h1-4H3. The fourth-order valence-electron chi connectivity index (χ4n) is 1.06. The average Bonchev–Trinajstić information content (AvgIpc) is 2.05. The molecule has 0 atom stereocenters. The second-order valence-electron chi connectivity index (χ2n) is 3.99. The lowest BCUT2D eigenvalue weighted by Gasteiger charge is -2.32. The molecule has 0 unspecified atom stereocenters. The third-order valence-corrected chi connectivity index (χ3v) is 2.86. The maximum Gasteiger partial charge on any atom is 0.528 e. The normalized spacial score (nSPS) is 26.6. The Kier molecular flexibility index (Phi) is 1.55. The van der Waals surface area contributed by atoms with Gasteiger partial charge in [0.15, 0.2) is 5.54 Å². The van der Waals surface area contributed by atoms with Gasteiger partial charge in [0.1, 0.15) is 5.54 Å². The molecule has 0 aliphatic carbocycles. The van der Waals surface area contributed by atoms with E-state index in [-0.39, 0.29) is 9.82 Å².